The van der Waals surface area contributed by atoms with Gasteiger partial charge in [-0.05, 0) is 31.0 Å². The quantitative estimate of drug-likeness (QED) is 0.570. The number of carbonyl (C=O) groups excluding carboxylic acids is 1. The third-order valence-electron chi connectivity index (χ3n) is 5.89. The van der Waals surface area contributed by atoms with Gasteiger partial charge in [-0.25, -0.2) is 14.4 Å². The molecular weight excluding hydrogens is 403 g/mol. The zero-order valence-electron chi connectivity index (χ0n) is 18.7. The summed E-state index contributed by atoms with van der Waals surface area (Å²) >= 11 is 0. The molecule has 1 aliphatic heterocycles. The fraction of sp³-hybridized carbons (Fsp3) is 0.346. The fourth-order valence-electron chi connectivity index (χ4n) is 4.15. The molecule has 1 aliphatic rings. The lowest BCUT2D eigenvalue weighted by Gasteiger charge is -2.36. The van der Waals surface area contributed by atoms with Crippen LogP contribution in [0.2, 0.25) is 0 Å². The number of benzene rings is 2. The van der Waals surface area contributed by atoms with Gasteiger partial charge in [0, 0.05) is 55.8 Å². The van der Waals surface area contributed by atoms with Crippen molar-refractivity contribution in [1.29, 1.82) is 0 Å². The number of anilines is 1. The van der Waals surface area contributed by atoms with Gasteiger partial charge in [0.2, 0.25) is 5.91 Å². The largest absolute Gasteiger partial charge is 0.353 e. The van der Waals surface area contributed by atoms with Crippen LogP contribution in [-0.4, -0.2) is 47.0 Å². The second-order valence-electron chi connectivity index (χ2n) is 8.23. The van der Waals surface area contributed by atoms with Crippen LogP contribution < -0.4 is 4.90 Å². The van der Waals surface area contributed by atoms with Crippen LogP contribution in [0, 0.1) is 12.7 Å². The van der Waals surface area contributed by atoms with E-state index in [1.54, 1.807) is 6.07 Å². The van der Waals surface area contributed by atoms with E-state index in [9.17, 15) is 9.18 Å². The molecule has 0 bridgehead atoms. The first-order chi connectivity index (χ1) is 15.5. The molecule has 0 unspecified atom stereocenters. The van der Waals surface area contributed by atoms with E-state index in [4.69, 9.17) is 9.97 Å². The van der Waals surface area contributed by atoms with Gasteiger partial charge in [0.1, 0.15) is 11.6 Å². The number of rotatable bonds is 6. The molecule has 166 valence electrons. The fourth-order valence-corrected chi connectivity index (χ4v) is 4.15. The average molecular weight is 433 g/mol. The van der Waals surface area contributed by atoms with Gasteiger partial charge in [0.15, 0.2) is 5.82 Å². The Balaban J connectivity index is 1.68. The van der Waals surface area contributed by atoms with Crippen molar-refractivity contribution in [2.24, 2.45) is 0 Å². The molecule has 0 radical (unpaired) electrons. The highest BCUT2D eigenvalue weighted by atomic mass is 19.1. The van der Waals surface area contributed by atoms with Gasteiger partial charge in [0.05, 0.1) is 0 Å². The number of hydrogen-bond donors (Lipinski definition) is 0. The Morgan fingerprint density at radius 3 is 2.44 bits per heavy atom. The Morgan fingerprint density at radius 1 is 1.00 bits per heavy atom. The van der Waals surface area contributed by atoms with Crippen LogP contribution in [-0.2, 0) is 11.2 Å². The summed E-state index contributed by atoms with van der Waals surface area (Å²) in [6.07, 6.45) is 2.18. The number of halogens is 1. The van der Waals surface area contributed by atoms with Crippen molar-refractivity contribution >= 4 is 11.7 Å². The van der Waals surface area contributed by atoms with E-state index >= 15 is 0 Å². The first-order valence-electron chi connectivity index (χ1n) is 11.2. The van der Waals surface area contributed by atoms with Gasteiger partial charge in [-0.3, -0.25) is 4.79 Å². The van der Waals surface area contributed by atoms with Gasteiger partial charge in [0.25, 0.3) is 0 Å². The van der Waals surface area contributed by atoms with Crippen molar-refractivity contribution in [3.63, 3.8) is 0 Å². The molecule has 3 aromatic rings. The van der Waals surface area contributed by atoms with E-state index in [0.29, 0.717) is 30.9 Å². The predicted octanol–water partition coefficient (Wildman–Crippen LogP) is 4.63. The maximum absolute atomic E-state index is 13.9. The lowest BCUT2D eigenvalue weighted by atomic mass is 10.0. The normalized spacial score (nSPS) is 14.0. The SMILES string of the molecule is CCCC(=O)N1CCN(c2nc(-c3cccc(F)c3)nc(C)c2Cc2ccccc2)CC1. The number of piperazine rings is 1. The predicted molar refractivity (Wildman–Crippen MR) is 125 cm³/mol. The van der Waals surface area contributed by atoms with Crippen molar-refractivity contribution in [1.82, 2.24) is 14.9 Å². The van der Waals surface area contributed by atoms with E-state index in [-0.39, 0.29) is 11.7 Å². The molecule has 0 spiro atoms. The molecule has 0 aliphatic carbocycles. The Labute approximate surface area is 188 Å². The Hall–Kier alpha value is -3.28. The average Bonchev–Trinajstić information content (AvgIpc) is 2.81. The second kappa shape index (κ2) is 9.90. The molecule has 1 aromatic heterocycles. The molecule has 0 saturated carbocycles. The second-order valence-corrected chi connectivity index (χ2v) is 8.23. The highest BCUT2D eigenvalue weighted by Gasteiger charge is 2.25. The summed E-state index contributed by atoms with van der Waals surface area (Å²) in [7, 11) is 0. The van der Waals surface area contributed by atoms with Crippen molar-refractivity contribution in [3.8, 4) is 11.4 Å². The number of aromatic nitrogens is 2. The van der Waals surface area contributed by atoms with E-state index < -0.39 is 0 Å². The van der Waals surface area contributed by atoms with Gasteiger partial charge in [-0.15, -0.1) is 0 Å². The molecular formula is C26H29FN4O. The molecule has 2 heterocycles. The zero-order valence-corrected chi connectivity index (χ0v) is 18.7. The maximum atomic E-state index is 13.9. The molecule has 0 N–H and O–H groups in total. The van der Waals surface area contributed by atoms with Crippen LogP contribution in [0.25, 0.3) is 11.4 Å². The Bertz CT molecular complexity index is 1080. The van der Waals surface area contributed by atoms with Gasteiger partial charge < -0.3 is 9.80 Å². The molecule has 2 aromatic carbocycles. The lowest BCUT2D eigenvalue weighted by molar-refractivity contribution is -0.131. The summed E-state index contributed by atoms with van der Waals surface area (Å²) in [5.74, 6) is 1.32. The summed E-state index contributed by atoms with van der Waals surface area (Å²) in [5.41, 5.74) is 3.82. The van der Waals surface area contributed by atoms with E-state index in [2.05, 4.69) is 17.0 Å². The van der Waals surface area contributed by atoms with Crippen molar-refractivity contribution in [3.05, 3.63) is 77.2 Å². The van der Waals surface area contributed by atoms with E-state index in [1.165, 1.54) is 17.7 Å². The Kier molecular flexibility index (Phi) is 6.78. The summed E-state index contributed by atoms with van der Waals surface area (Å²) in [6, 6.07) is 16.7. The molecule has 1 amide bonds. The summed E-state index contributed by atoms with van der Waals surface area (Å²) in [4.78, 5) is 26.2. The standard InChI is InChI=1S/C26H29FN4O/c1-3-8-24(32)30-13-15-31(16-14-30)26-23(17-20-9-5-4-6-10-20)19(2)28-25(29-26)21-11-7-12-22(27)18-21/h4-7,9-12,18H,3,8,13-17H2,1-2H3. The minimum atomic E-state index is -0.304. The third-order valence-corrected chi connectivity index (χ3v) is 5.89. The first-order valence-corrected chi connectivity index (χ1v) is 11.2. The smallest absolute Gasteiger partial charge is 0.222 e. The number of hydrogen-bond acceptors (Lipinski definition) is 4. The monoisotopic (exact) mass is 432 g/mol. The van der Waals surface area contributed by atoms with Crippen LogP contribution >= 0.6 is 0 Å². The zero-order chi connectivity index (χ0) is 22.5. The number of amides is 1. The maximum Gasteiger partial charge on any atom is 0.222 e. The van der Waals surface area contributed by atoms with Crippen LogP contribution in [0.4, 0.5) is 10.2 Å². The first kappa shape index (κ1) is 21.9. The summed E-state index contributed by atoms with van der Waals surface area (Å²) < 4.78 is 13.9. The number of aryl methyl sites for hydroxylation is 1. The van der Waals surface area contributed by atoms with E-state index in [1.807, 2.05) is 43.0 Å². The van der Waals surface area contributed by atoms with Gasteiger partial charge in [-0.2, -0.15) is 0 Å². The highest BCUT2D eigenvalue weighted by Crippen LogP contribution is 2.28. The van der Waals surface area contributed by atoms with Crippen molar-refractivity contribution in [2.45, 2.75) is 33.1 Å². The minimum Gasteiger partial charge on any atom is -0.353 e. The summed E-state index contributed by atoms with van der Waals surface area (Å²) in [6.45, 7) is 6.82. The number of nitrogens with zero attached hydrogens (tertiary/aromatic N) is 4. The lowest BCUT2D eigenvalue weighted by Crippen LogP contribution is -2.49. The Morgan fingerprint density at radius 2 is 1.75 bits per heavy atom. The molecule has 5 nitrogen and oxygen atoms in total. The molecule has 1 saturated heterocycles. The summed E-state index contributed by atoms with van der Waals surface area (Å²) in [5, 5.41) is 0. The molecule has 0 atom stereocenters. The molecule has 4 rings (SSSR count). The van der Waals surface area contributed by atoms with Crippen molar-refractivity contribution in [2.75, 3.05) is 31.1 Å². The van der Waals surface area contributed by atoms with Crippen LogP contribution in [0.5, 0.6) is 0 Å². The van der Waals surface area contributed by atoms with Crippen LogP contribution in [0.3, 0.4) is 0 Å². The van der Waals surface area contributed by atoms with Gasteiger partial charge in [-0.1, -0.05) is 49.4 Å². The third kappa shape index (κ3) is 4.96. The van der Waals surface area contributed by atoms with Gasteiger partial charge >= 0.3 is 0 Å². The minimum absolute atomic E-state index is 0.218. The highest BCUT2D eigenvalue weighted by molar-refractivity contribution is 5.76. The van der Waals surface area contributed by atoms with Crippen LogP contribution in [0.1, 0.15) is 36.6 Å². The van der Waals surface area contributed by atoms with Crippen molar-refractivity contribution < 1.29 is 9.18 Å². The molecule has 32 heavy (non-hydrogen) atoms. The van der Waals surface area contributed by atoms with Crippen LogP contribution in [0.15, 0.2) is 54.6 Å². The number of carbonyl (C=O) groups is 1. The molecule has 6 heteroatoms. The topological polar surface area (TPSA) is 49.3 Å². The van der Waals surface area contributed by atoms with E-state index in [0.717, 1.165) is 43.0 Å². The molecule has 1 fully saturated rings.